The Morgan fingerprint density at radius 3 is 2.60 bits per heavy atom. The van der Waals surface area contributed by atoms with E-state index in [1.165, 1.54) is 16.4 Å². The van der Waals surface area contributed by atoms with Crippen LogP contribution >= 0.6 is 11.6 Å². The molecule has 20 heavy (non-hydrogen) atoms. The van der Waals surface area contributed by atoms with Crippen molar-refractivity contribution in [1.29, 1.82) is 0 Å². The average molecular weight is 323 g/mol. The lowest BCUT2D eigenvalue weighted by molar-refractivity contribution is 0.170. The molecule has 0 aliphatic carbocycles. The van der Waals surface area contributed by atoms with Crippen LogP contribution in [0.5, 0.6) is 0 Å². The zero-order valence-corrected chi connectivity index (χ0v) is 12.3. The fourth-order valence-corrected chi connectivity index (χ4v) is 3.47. The Bertz CT molecular complexity index is 574. The Morgan fingerprint density at radius 2 is 2.05 bits per heavy atom. The average Bonchev–Trinajstić information content (AvgIpc) is 2.43. The summed E-state index contributed by atoms with van der Waals surface area (Å²) in [7, 11) is -3.71. The maximum atomic E-state index is 13.3. The van der Waals surface area contributed by atoms with Crippen LogP contribution in [-0.4, -0.2) is 37.5 Å². The standard InChI is InChI=1S/C12H16ClFN2O3S/c13-11-2-1-10(7-12(11)14)15-20(18,19)16-5-3-9(8-17)4-6-16/h1-2,7,9,15,17H,3-6,8H2. The first-order valence-corrected chi connectivity index (χ1v) is 8.08. The second-order valence-electron chi connectivity index (χ2n) is 4.76. The molecular formula is C12H16ClFN2O3S. The number of nitrogens with one attached hydrogen (secondary N) is 1. The first-order valence-electron chi connectivity index (χ1n) is 6.26. The molecule has 0 radical (unpaired) electrons. The third-order valence-electron chi connectivity index (χ3n) is 3.34. The van der Waals surface area contributed by atoms with Crippen molar-refractivity contribution in [2.75, 3.05) is 24.4 Å². The molecule has 0 saturated carbocycles. The van der Waals surface area contributed by atoms with E-state index in [9.17, 15) is 12.8 Å². The molecule has 8 heteroatoms. The van der Waals surface area contributed by atoms with Crippen LogP contribution in [0.4, 0.5) is 10.1 Å². The molecule has 1 aliphatic rings. The fourth-order valence-electron chi connectivity index (χ4n) is 2.11. The maximum Gasteiger partial charge on any atom is 0.301 e. The second kappa shape index (κ2) is 6.26. The molecule has 1 fully saturated rings. The number of rotatable bonds is 4. The van der Waals surface area contributed by atoms with E-state index in [1.54, 1.807) is 0 Å². The largest absolute Gasteiger partial charge is 0.396 e. The minimum Gasteiger partial charge on any atom is -0.396 e. The Labute approximate surface area is 122 Å². The molecule has 2 rings (SSSR count). The number of hydrogen-bond donors (Lipinski definition) is 2. The third kappa shape index (κ3) is 3.60. The van der Waals surface area contributed by atoms with Gasteiger partial charge in [0, 0.05) is 19.7 Å². The number of benzene rings is 1. The normalized spacial score (nSPS) is 18.1. The number of nitrogens with zero attached hydrogens (tertiary/aromatic N) is 1. The molecule has 1 aromatic carbocycles. The highest BCUT2D eigenvalue weighted by Crippen LogP contribution is 2.23. The van der Waals surface area contributed by atoms with Crippen LogP contribution in [0.25, 0.3) is 0 Å². The second-order valence-corrected chi connectivity index (χ2v) is 6.84. The van der Waals surface area contributed by atoms with Gasteiger partial charge in [0.1, 0.15) is 5.82 Å². The molecule has 1 heterocycles. The summed E-state index contributed by atoms with van der Waals surface area (Å²) in [5, 5.41) is 8.98. The molecular weight excluding hydrogens is 307 g/mol. The van der Waals surface area contributed by atoms with Gasteiger partial charge in [-0.05, 0) is 37.0 Å². The molecule has 0 spiro atoms. The summed E-state index contributed by atoms with van der Waals surface area (Å²) in [5.74, 6) is -0.528. The van der Waals surface area contributed by atoms with Gasteiger partial charge in [0.2, 0.25) is 0 Å². The summed E-state index contributed by atoms with van der Waals surface area (Å²) in [6.45, 7) is 0.761. The van der Waals surface area contributed by atoms with Gasteiger partial charge in [-0.2, -0.15) is 12.7 Å². The van der Waals surface area contributed by atoms with E-state index >= 15 is 0 Å². The lowest BCUT2D eigenvalue weighted by Gasteiger charge is -2.30. The van der Waals surface area contributed by atoms with Crippen LogP contribution in [0, 0.1) is 11.7 Å². The predicted molar refractivity (Wildman–Crippen MR) is 75.3 cm³/mol. The van der Waals surface area contributed by atoms with Crippen LogP contribution in [0.1, 0.15) is 12.8 Å². The van der Waals surface area contributed by atoms with Crippen LogP contribution in [0.3, 0.4) is 0 Å². The smallest absolute Gasteiger partial charge is 0.301 e. The number of anilines is 1. The zero-order chi connectivity index (χ0) is 14.8. The highest BCUT2D eigenvalue weighted by atomic mass is 35.5. The molecule has 1 aromatic rings. The summed E-state index contributed by atoms with van der Waals surface area (Å²) in [5.41, 5.74) is 0.135. The van der Waals surface area contributed by atoms with Crippen molar-refractivity contribution in [1.82, 2.24) is 4.31 Å². The first kappa shape index (κ1) is 15.5. The summed E-state index contributed by atoms with van der Waals surface area (Å²) >= 11 is 5.55. The van der Waals surface area contributed by atoms with Crippen LogP contribution in [-0.2, 0) is 10.2 Å². The van der Waals surface area contributed by atoms with Gasteiger partial charge in [-0.3, -0.25) is 4.72 Å². The lowest BCUT2D eigenvalue weighted by atomic mass is 10.00. The van der Waals surface area contributed by atoms with E-state index in [0.29, 0.717) is 25.9 Å². The van der Waals surface area contributed by atoms with Crippen LogP contribution in [0.2, 0.25) is 5.02 Å². The number of hydrogen-bond acceptors (Lipinski definition) is 3. The molecule has 0 aromatic heterocycles. The first-order chi connectivity index (χ1) is 9.42. The van der Waals surface area contributed by atoms with Gasteiger partial charge in [-0.1, -0.05) is 11.6 Å². The SMILES string of the molecule is O=S(=O)(Nc1ccc(Cl)c(F)c1)N1CCC(CO)CC1. The van der Waals surface area contributed by atoms with Crippen molar-refractivity contribution in [3.63, 3.8) is 0 Å². The molecule has 0 atom stereocenters. The molecule has 112 valence electrons. The highest BCUT2D eigenvalue weighted by Gasteiger charge is 2.27. The Kier molecular flexibility index (Phi) is 4.85. The summed E-state index contributed by atoms with van der Waals surface area (Å²) in [4.78, 5) is 0. The minimum atomic E-state index is -3.71. The van der Waals surface area contributed by atoms with Gasteiger partial charge >= 0.3 is 10.2 Å². The van der Waals surface area contributed by atoms with Crippen molar-refractivity contribution in [3.05, 3.63) is 29.0 Å². The fraction of sp³-hybridized carbons (Fsp3) is 0.500. The summed E-state index contributed by atoms with van der Waals surface area (Å²) in [6, 6.07) is 3.75. The molecule has 0 unspecified atom stereocenters. The van der Waals surface area contributed by atoms with Gasteiger partial charge in [0.05, 0.1) is 10.7 Å². The molecule has 0 bridgehead atoms. The summed E-state index contributed by atoms with van der Waals surface area (Å²) in [6.07, 6.45) is 1.23. The topological polar surface area (TPSA) is 69.6 Å². The van der Waals surface area contributed by atoms with Crippen molar-refractivity contribution in [2.24, 2.45) is 5.92 Å². The quantitative estimate of drug-likeness (QED) is 0.888. The van der Waals surface area contributed by atoms with Crippen molar-refractivity contribution < 1.29 is 17.9 Å². The molecule has 1 saturated heterocycles. The van der Waals surface area contributed by atoms with Crippen molar-refractivity contribution >= 4 is 27.5 Å². The number of piperidine rings is 1. The van der Waals surface area contributed by atoms with E-state index in [1.807, 2.05) is 0 Å². The molecule has 1 aliphatic heterocycles. The maximum absolute atomic E-state index is 13.3. The number of aliphatic hydroxyl groups excluding tert-OH is 1. The van der Waals surface area contributed by atoms with Crippen LogP contribution < -0.4 is 4.72 Å². The zero-order valence-electron chi connectivity index (χ0n) is 10.7. The van der Waals surface area contributed by atoms with E-state index < -0.39 is 16.0 Å². The van der Waals surface area contributed by atoms with Crippen molar-refractivity contribution in [3.8, 4) is 0 Å². The van der Waals surface area contributed by atoms with Gasteiger partial charge in [-0.25, -0.2) is 4.39 Å². The lowest BCUT2D eigenvalue weighted by Crippen LogP contribution is -2.42. The molecule has 0 amide bonds. The Balaban J connectivity index is 2.05. The monoisotopic (exact) mass is 322 g/mol. The Hall–Kier alpha value is -0.890. The molecule has 5 nitrogen and oxygen atoms in total. The Morgan fingerprint density at radius 1 is 1.40 bits per heavy atom. The minimum absolute atomic E-state index is 0.0586. The summed E-state index contributed by atoms with van der Waals surface area (Å²) < 4.78 is 41.2. The number of halogens is 2. The third-order valence-corrected chi connectivity index (χ3v) is 5.18. The van der Waals surface area contributed by atoms with E-state index in [2.05, 4.69) is 4.72 Å². The van der Waals surface area contributed by atoms with Gasteiger partial charge in [0.15, 0.2) is 0 Å². The van der Waals surface area contributed by atoms with Crippen molar-refractivity contribution in [2.45, 2.75) is 12.8 Å². The van der Waals surface area contributed by atoms with Crippen LogP contribution in [0.15, 0.2) is 18.2 Å². The predicted octanol–water partition coefficient (Wildman–Crippen LogP) is 1.84. The highest BCUT2D eigenvalue weighted by molar-refractivity contribution is 7.90. The van der Waals surface area contributed by atoms with Gasteiger partial charge < -0.3 is 5.11 Å². The van der Waals surface area contributed by atoms with Gasteiger partial charge in [0.25, 0.3) is 0 Å². The van der Waals surface area contributed by atoms with Gasteiger partial charge in [-0.15, -0.1) is 0 Å². The van der Waals surface area contributed by atoms with E-state index in [0.717, 1.165) is 6.07 Å². The van der Waals surface area contributed by atoms with E-state index in [4.69, 9.17) is 16.7 Å². The molecule has 2 N–H and O–H groups in total. The van der Waals surface area contributed by atoms with E-state index in [-0.39, 0.29) is 23.2 Å². The number of aliphatic hydroxyl groups is 1.